The third kappa shape index (κ3) is 4.30. The van der Waals surface area contributed by atoms with E-state index in [0.29, 0.717) is 19.0 Å². The van der Waals surface area contributed by atoms with Crippen LogP contribution in [0.1, 0.15) is 33.1 Å². The van der Waals surface area contributed by atoms with Crippen molar-refractivity contribution in [3.8, 4) is 6.07 Å². The van der Waals surface area contributed by atoms with Crippen LogP contribution in [0.5, 0.6) is 0 Å². The number of ether oxygens (including phenoxy) is 1. The van der Waals surface area contributed by atoms with Gasteiger partial charge in [-0.15, -0.1) is 0 Å². The first-order chi connectivity index (χ1) is 7.15. The predicted octanol–water partition coefficient (Wildman–Crippen LogP) is 1.32. The highest BCUT2D eigenvalue weighted by molar-refractivity contribution is 5.78. The van der Waals surface area contributed by atoms with Crippen LogP contribution in [0.15, 0.2) is 0 Å². The Morgan fingerprint density at radius 3 is 2.73 bits per heavy atom. The molecule has 1 aliphatic rings. The number of amides is 1. The number of hydrogen-bond donors (Lipinski definition) is 0. The van der Waals surface area contributed by atoms with E-state index in [-0.39, 0.29) is 18.6 Å². The van der Waals surface area contributed by atoms with Gasteiger partial charge in [-0.1, -0.05) is 0 Å². The lowest BCUT2D eigenvalue weighted by molar-refractivity contribution is -0.138. The van der Waals surface area contributed by atoms with Crippen LogP contribution >= 0.6 is 0 Å². The average Bonchev–Trinajstić information content (AvgIpc) is 2.99. The molecule has 0 heterocycles. The first-order valence-electron chi connectivity index (χ1n) is 5.43. The van der Waals surface area contributed by atoms with Gasteiger partial charge in [0.25, 0.3) is 0 Å². The minimum atomic E-state index is 0.0152. The zero-order chi connectivity index (χ0) is 11.3. The number of carbonyl (C=O) groups excluding carboxylic acids is 1. The summed E-state index contributed by atoms with van der Waals surface area (Å²) in [5.74, 6) is 0.0152. The Morgan fingerprint density at radius 1 is 1.60 bits per heavy atom. The summed E-state index contributed by atoms with van der Waals surface area (Å²) in [6.07, 6.45) is 2.62. The van der Waals surface area contributed by atoms with Gasteiger partial charge >= 0.3 is 0 Å². The molecular weight excluding hydrogens is 192 g/mol. The van der Waals surface area contributed by atoms with E-state index in [4.69, 9.17) is 10.00 Å². The number of hydrogen-bond acceptors (Lipinski definition) is 3. The molecule has 1 fully saturated rings. The molecule has 0 aromatic heterocycles. The van der Waals surface area contributed by atoms with Crippen LogP contribution in [-0.2, 0) is 9.53 Å². The van der Waals surface area contributed by atoms with Crippen molar-refractivity contribution in [2.75, 3.05) is 13.2 Å². The molecule has 0 unspecified atom stereocenters. The second-order valence-corrected chi connectivity index (χ2v) is 4.09. The van der Waals surface area contributed by atoms with E-state index in [1.54, 1.807) is 4.90 Å². The SMILES string of the molecule is CC(C)OCC(=O)N(CCC#N)C1CC1. The summed E-state index contributed by atoms with van der Waals surface area (Å²) in [4.78, 5) is 13.5. The third-order valence-electron chi connectivity index (χ3n) is 2.31. The summed E-state index contributed by atoms with van der Waals surface area (Å²) in [6, 6.07) is 2.43. The standard InChI is InChI=1S/C11H18N2O2/c1-9(2)15-8-11(14)13(7-3-6-12)10-4-5-10/h9-10H,3-5,7-8H2,1-2H3. The molecule has 0 radical (unpaired) electrons. The van der Waals surface area contributed by atoms with E-state index in [1.165, 1.54) is 0 Å². The molecule has 0 aromatic carbocycles. The molecule has 0 atom stereocenters. The quantitative estimate of drug-likeness (QED) is 0.664. The van der Waals surface area contributed by atoms with E-state index in [9.17, 15) is 4.79 Å². The summed E-state index contributed by atoms with van der Waals surface area (Å²) in [5, 5.41) is 8.50. The largest absolute Gasteiger partial charge is 0.369 e. The molecule has 0 aliphatic heterocycles. The van der Waals surface area contributed by atoms with E-state index in [1.807, 2.05) is 13.8 Å². The highest BCUT2D eigenvalue weighted by Gasteiger charge is 2.31. The van der Waals surface area contributed by atoms with Gasteiger partial charge < -0.3 is 9.64 Å². The molecule has 0 N–H and O–H groups in total. The molecule has 4 nitrogen and oxygen atoms in total. The molecule has 15 heavy (non-hydrogen) atoms. The van der Waals surface area contributed by atoms with E-state index in [0.717, 1.165) is 12.8 Å². The van der Waals surface area contributed by atoms with Crippen LogP contribution in [0.2, 0.25) is 0 Å². The van der Waals surface area contributed by atoms with Crippen molar-refractivity contribution in [1.29, 1.82) is 5.26 Å². The molecule has 1 aliphatic carbocycles. The lowest BCUT2D eigenvalue weighted by Gasteiger charge is -2.21. The van der Waals surface area contributed by atoms with Crippen molar-refractivity contribution >= 4 is 5.91 Å². The maximum Gasteiger partial charge on any atom is 0.248 e. The van der Waals surface area contributed by atoms with Gasteiger partial charge in [-0.05, 0) is 26.7 Å². The van der Waals surface area contributed by atoms with Crippen molar-refractivity contribution in [3.63, 3.8) is 0 Å². The average molecular weight is 210 g/mol. The van der Waals surface area contributed by atoms with Crippen LogP contribution in [0.4, 0.5) is 0 Å². The van der Waals surface area contributed by atoms with Crippen LogP contribution < -0.4 is 0 Å². The Morgan fingerprint density at radius 2 is 2.27 bits per heavy atom. The lowest BCUT2D eigenvalue weighted by atomic mass is 10.3. The van der Waals surface area contributed by atoms with Gasteiger partial charge in [-0.3, -0.25) is 4.79 Å². The highest BCUT2D eigenvalue weighted by Crippen LogP contribution is 2.26. The van der Waals surface area contributed by atoms with E-state index in [2.05, 4.69) is 6.07 Å². The minimum Gasteiger partial charge on any atom is -0.369 e. The Balaban J connectivity index is 2.34. The molecule has 4 heteroatoms. The Bertz CT molecular complexity index is 254. The summed E-state index contributed by atoms with van der Waals surface area (Å²) in [5.41, 5.74) is 0. The molecule has 1 rings (SSSR count). The Labute approximate surface area is 90.8 Å². The second-order valence-electron chi connectivity index (χ2n) is 4.09. The topological polar surface area (TPSA) is 53.3 Å². The van der Waals surface area contributed by atoms with Crippen LogP contribution in [0, 0.1) is 11.3 Å². The van der Waals surface area contributed by atoms with Crippen molar-refractivity contribution < 1.29 is 9.53 Å². The Hall–Kier alpha value is -1.08. The Kier molecular flexibility index (Phi) is 4.57. The fraction of sp³-hybridized carbons (Fsp3) is 0.818. The number of carbonyl (C=O) groups is 1. The van der Waals surface area contributed by atoms with Gasteiger partial charge in [0.15, 0.2) is 0 Å². The van der Waals surface area contributed by atoms with Gasteiger partial charge in [0.05, 0.1) is 18.6 Å². The summed E-state index contributed by atoms with van der Waals surface area (Å²) in [7, 11) is 0. The van der Waals surface area contributed by atoms with Gasteiger partial charge in [-0.25, -0.2) is 0 Å². The van der Waals surface area contributed by atoms with Crippen LogP contribution in [-0.4, -0.2) is 36.1 Å². The van der Waals surface area contributed by atoms with E-state index >= 15 is 0 Å². The minimum absolute atomic E-state index is 0.0152. The number of nitriles is 1. The fourth-order valence-electron chi connectivity index (χ4n) is 1.39. The summed E-state index contributed by atoms with van der Waals surface area (Å²) in [6.45, 7) is 4.50. The van der Waals surface area contributed by atoms with Crippen LogP contribution in [0.3, 0.4) is 0 Å². The highest BCUT2D eigenvalue weighted by atomic mass is 16.5. The maximum absolute atomic E-state index is 11.7. The molecule has 84 valence electrons. The summed E-state index contributed by atoms with van der Waals surface area (Å²) >= 11 is 0. The van der Waals surface area contributed by atoms with Gasteiger partial charge in [0.1, 0.15) is 6.61 Å². The normalized spacial score (nSPS) is 15.1. The molecule has 1 saturated carbocycles. The smallest absolute Gasteiger partial charge is 0.248 e. The number of rotatable bonds is 6. The van der Waals surface area contributed by atoms with Gasteiger partial charge in [-0.2, -0.15) is 5.26 Å². The van der Waals surface area contributed by atoms with Crippen molar-refractivity contribution in [1.82, 2.24) is 4.90 Å². The van der Waals surface area contributed by atoms with Gasteiger partial charge in [0.2, 0.25) is 5.91 Å². The zero-order valence-corrected chi connectivity index (χ0v) is 9.40. The van der Waals surface area contributed by atoms with Crippen molar-refractivity contribution in [2.45, 2.75) is 45.3 Å². The third-order valence-corrected chi connectivity index (χ3v) is 2.31. The fourth-order valence-corrected chi connectivity index (χ4v) is 1.39. The lowest BCUT2D eigenvalue weighted by Crippen LogP contribution is -2.37. The maximum atomic E-state index is 11.7. The van der Waals surface area contributed by atoms with Gasteiger partial charge in [0, 0.05) is 12.6 Å². The molecule has 0 aromatic rings. The second kappa shape index (κ2) is 5.72. The zero-order valence-electron chi connectivity index (χ0n) is 9.40. The molecular formula is C11H18N2O2. The van der Waals surface area contributed by atoms with E-state index < -0.39 is 0 Å². The molecule has 0 bridgehead atoms. The summed E-state index contributed by atoms with van der Waals surface area (Å²) < 4.78 is 5.27. The van der Waals surface area contributed by atoms with Crippen molar-refractivity contribution in [2.24, 2.45) is 0 Å². The van der Waals surface area contributed by atoms with Crippen molar-refractivity contribution in [3.05, 3.63) is 0 Å². The monoisotopic (exact) mass is 210 g/mol. The molecule has 0 saturated heterocycles. The number of nitrogens with zero attached hydrogens (tertiary/aromatic N) is 2. The molecule has 1 amide bonds. The molecule has 0 spiro atoms. The predicted molar refractivity (Wildman–Crippen MR) is 56.1 cm³/mol. The van der Waals surface area contributed by atoms with Crippen LogP contribution in [0.25, 0.3) is 0 Å². The first-order valence-corrected chi connectivity index (χ1v) is 5.43. The first kappa shape index (κ1) is 12.0.